The molecule has 22 heavy (non-hydrogen) atoms. The van der Waals surface area contributed by atoms with Crippen LogP contribution in [0.4, 0.5) is 0 Å². The summed E-state index contributed by atoms with van der Waals surface area (Å²) >= 11 is 0. The molecular weight excluding hydrogens is 264 g/mol. The van der Waals surface area contributed by atoms with Crippen LogP contribution in [0, 0.1) is 0 Å². The number of aryl methyl sites for hydroxylation is 1. The first kappa shape index (κ1) is 15.6. The van der Waals surface area contributed by atoms with Crippen molar-refractivity contribution in [2.75, 3.05) is 0 Å². The van der Waals surface area contributed by atoms with Gasteiger partial charge in [-0.1, -0.05) is 81.8 Å². The van der Waals surface area contributed by atoms with Gasteiger partial charge < -0.3 is 0 Å². The van der Waals surface area contributed by atoms with Crippen molar-refractivity contribution in [2.24, 2.45) is 0 Å². The summed E-state index contributed by atoms with van der Waals surface area (Å²) in [7, 11) is 0. The molecule has 3 rings (SSSR count). The molecule has 0 nitrogen and oxygen atoms in total. The molecule has 1 aliphatic carbocycles. The largest absolute Gasteiger partial charge is 0.0654 e. The zero-order valence-corrected chi connectivity index (χ0v) is 14.1. The first-order chi connectivity index (χ1) is 10.9. The molecule has 0 aromatic heterocycles. The van der Waals surface area contributed by atoms with Crippen molar-refractivity contribution in [3.63, 3.8) is 0 Å². The first-order valence-electron chi connectivity index (χ1n) is 9.40. The molecule has 0 heteroatoms. The fraction of sp³-hybridized carbons (Fsp3) is 0.545. The number of hydrogen-bond acceptors (Lipinski definition) is 0. The highest BCUT2D eigenvalue weighted by molar-refractivity contribution is 5.89. The van der Waals surface area contributed by atoms with Crippen LogP contribution in [-0.4, -0.2) is 0 Å². The highest BCUT2D eigenvalue weighted by atomic mass is 14.2. The molecule has 0 N–H and O–H groups in total. The van der Waals surface area contributed by atoms with Crippen molar-refractivity contribution in [1.82, 2.24) is 0 Å². The molecule has 0 radical (unpaired) electrons. The fourth-order valence-electron chi connectivity index (χ4n) is 4.11. The van der Waals surface area contributed by atoms with Crippen molar-refractivity contribution in [2.45, 2.75) is 77.0 Å². The minimum absolute atomic E-state index is 0.799. The summed E-state index contributed by atoms with van der Waals surface area (Å²) in [5, 5.41) is 3.05. The smallest absolute Gasteiger partial charge is 0.0146 e. The van der Waals surface area contributed by atoms with E-state index < -0.39 is 0 Å². The van der Waals surface area contributed by atoms with Crippen LogP contribution in [-0.2, 0) is 6.42 Å². The van der Waals surface area contributed by atoms with E-state index in [1.807, 2.05) is 0 Å². The van der Waals surface area contributed by atoms with E-state index in [0.717, 1.165) is 5.92 Å². The molecule has 0 atom stereocenters. The Bertz CT molecular complexity index is 590. The number of fused-ring (bicyclic) bond motifs is 1. The Hall–Kier alpha value is -1.30. The van der Waals surface area contributed by atoms with Gasteiger partial charge in [-0.15, -0.1) is 0 Å². The highest BCUT2D eigenvalue weighted by Gasteiger charge is 2.18. The average Bonchev–Trinajstić information content (AvgIpc) is 2.59. The minimum Gasteiger partial charge on any atom is -0.0654 e. The lowest BCUT2D eigenvalue weighted by Crippen LogP contribution is -2.05. The summed E-state index contributed by atoms with van der Waals surface area (Å²) in [6, 6.07) is 14.0. The summed E-state index contributed by atoms with van der Waals surface area (Å²) in [4.78, 5) is 0. The van der Waals surface area contributed by atoms with Crippen LogP contribution in [0.3, 0.4) is 0 Å². The predicted octanol–water partition coefficient (Wildman–Crippen LogP) is 7.01. The SMILES string of the molecule is CCCCCCc1ccc(C2CCCCC2)c2ccccc12. The predicted molar refractivity (Wildman–Crippen MR) is 97.6 cm³/mol. The fourth-order valence-corrected chi connectivity index (χ4v) is 4.11. The molecule has 118 valence electrons. The molecule has 1 aliphatic rings. The van der Waals surface area contributed by atoms with Crippen molar-refractivity contribution in [1.29, 1.82) is 0 Å². The average molecular weight is 294 g/mol. The third-order valence-corrected chi connectivity index (χ3v) is 5.39. The Morgan fingerprint density at radius 3 is 2.36 bits per heavy atom. The summed E-state index contributed by atoms with van der Waals surface area (Å²) in [5.41, 5.74) is 3.18. The highest BCUT2D eigenvalue weighted by Crippen LogP contribution is 2.37. The van der Waals surface area contributed by atoms with Gasteiger partial charge in [0.05, 0.1) is 0 Å². The van der Waals surface area contributed by atoms with Gasteiger partial charge in [0.1, 0.15) is 0 Å². The Morgan fingerprint density at radius 1 is 0.818 bits per heavy atom. The maximum Gasteiger partial charge on any atom is -0.0146 e. The monoisotopic (exact) mass is 294 g/mol. The lowest BCUT2D eigenvalue weighted by atomic mass is 9.81. The van der Waals surface area contributed by atoms with Crippen LogP contribution >= 0.6 is 0 Å². The second-order valence-corrected chi connectivity index (χ2v) is 7.01. The second kappa shape index (κ2) is 7.81. The van der Waals surface area contributed by atoms with Crippen LogP contribution in [0.1, 0.15) is 81.8 Å². The number of rotatable bonds is 6. The zero-order valence-electron chi connectivity index (χ0n) is 14.1. The van der Waals surface area contributed by atoms with Gasteiger partial charge in [0.2, 0.25) is 0 Å². The molecule has 1 saturated carbocycles. The number of unbranched alkanes of at least 4 members (excludes halogenated alkanes) is 3. The lowest BCUT2D eigenvalue weighted by Gasteiger charge is -2.24. The molecule has 0 saturated heterocycles. The van der Waals surface area contributed by atoms with E-state index in [2.05, 4.69) is 43.3 Å². The molecular formula is C22H30. The topological polar surface area (TPSA) is 0 Å². The van der Waals surface area contributed by atoms with Crippen LogP contribution in [0.5, 0.6) is 0 Å². The third-order valence-electron chi connectivity index (χ3n) is 5.39. The van der Waals surface area contributed by atoms with Gasteiger partial charge in [0.25, 0.3) is 0 Å². The van der Waals surface area contributed by atoms with Crippen molar-refractivity contribution < 1.29 is 0 Å². The molecule has 0 bridgehead atoms. The van der Waals surface area contributed by atoms with E-state index in [1.54, 1.807) is 11.1 Å². The minimum atomic E-state index is 0.799. The molecule has 0 heterocycles. The quantitative estimate of drug-likeness (QED) is 0.503. The lowest BCUT2D eigenvalue weighted by molar-refractivity contribution is 0.445. The Kier molecular flexibility index (Phi) is 5.53. The molecule has 0 spiro atoms. The van der Waals surface area contributed by atoms with Crippen LogP contribution < -0.4 is 0 Å². The molecule has 2 aromatic rings. The second-order valence-electron chi connectivity index (χ2n) is 7.01. The van der Waals surface area contributed by atoms with Gasteiger partial charge in [-0.2, -0.15) is 0 Å². The molecule has 0 unspecified atom stereocenters. The van der Waals surface area contributed by atoms with E-state index in [0.29, 0.717) is 0 Å². The molecule has 0 aliphatic heterocycles. The number of hydrogen-bond donors (Lipinski definition) is 0. The molecule has 2 aromatic carbocycles. The maximum atomic E-state index is 2.45. The summed E-state index contributed by atoms with van der Waals surface area (Å²) in [5.74, 6) is 0.799. The van der Waals surface area contributed by atoms with Gasteiger partial charge in [-0.3, -0.25) is 0 Å². The summed E-state index contributed by atoms with van der Waals surface area (Å²) < 4.78 is 0. The van der Waals surface area contributed by atoms with Gasteiger partial charge in [-0.25, -0.2) is 0 Å². The Morgan fingerprint density at radius 2 is 1.59 bits per heavy atom. The van der Waals surface area contributed by atoms with E-state index in [-0.39, 0.29) is 0 Å². The van der Waals surface area contributed by atoms with Crippen LogP contribution in [0.2, 0.25) is 0 Å². The molecule has 0 amide bonds. The zero-order chi connectivity index (χ0) is 15.2. The van der Waals surface area contributed by atoms with E-state index in [1.165, 1.54) is 75.0 Å². The standard InChI is InChI=1S/C22H30/c1-2-3-4-6-13-19-16-17-21(18-11-7-5-8-12-18)22-15-10-9-14-20(19)22/h9-10,14-18H,2-8,11-13H2,1H3. The van der Waals surface area contributed by atoms with E-state index in [9.17, 15) is 0 Å². The van der Waals surface area contributed by atoms with E-state index >= 15 is 0 Å². The summed E-state index contributed by atoms with van der Waals surface area (Å²) in [6.45, 7) is 2.29. The Labute approximate surface area is 135 Å². The van der Waals surface area contributed by atoms with Crippen LogP contribution in [0.15, 0.2) is 36.4 Å². The first-order valence-corrected chi connectivity index (χ1v) is 9.40. The van der Waals surface area contributed by atoms with Gasteiger partial charge >= 0.3 is 0 Å². The Balaban J connectivity index is 1.86. The van der Waals surface area contributed by atoms with Gasteiger partial charge in [0.15, 0.2) is 0 Å². The van der Waals surface area contributed by atoms with E-state index in [4.69, 9.17) is 0 Å². The third kappa shape index (κ3) is 3.54. The van der Waals surface area contributed by atoms with Gasteiger partial charge in [-0.05, 0) is 53.5 Å². The van der Waals surface area contributed by atoms with Crippen LogP contribution in [0.25, 0.3) is 10.8 Å². The molecule has 1 fully saturated rings. The maximum absolute atomic E-state index is 2.45. The van der Waals surface area contributed by atoms with Gasteiger partial charge in [0, 0.05) is 0 Å². The van der Waals surface area contributed by atoms with Crippen molar-refractivity contribution in [3.8, 4) is 0 Å². The van der Waals surface area contributed by atoms with Crippen molar-refractivity contribution in [3.05, 3.63) is 47.5 Å². The summed E-state index contributed by atoms with van der Waals surface area (Å²) in [6.07, 6.45) is 13.7. The normalized spacial score (nSPS) is 16.2. The number of benzene rings is 2. The van der Waals surface area contributed by atoms with Crippen molar-refractivity contribution >= 4 is 10.8 Å².